The second kappa shape index (κ2) is 10.8. The van der Waals surface area contributed by atoms with Crippen molar-refractivity contribution in [1.29, 1.82) is 5.26 Å². The topological polar surface area (TPSA) is 118 Å². The first kappa shape index (κ1) is 30.0. The van der Waals surface area contributed by atoms with Crippen LogP contribution in [0.25, 0.3) is 21.1 Å². The van der Waals surface area contributed by atoms with E-state index in [2.05, 4.69) is 72.6 Å². The summed E-state index contributed by atoms with van der Waals surface area (Å²) in [5.41, 5.74) is 10.4. The molecule has 2 saturated heterocycles. The highest BCUT2D eigenvalue weighted by Gasteiger charge is 2.68. The molecule has 0 atom stereocenters. The number of hydrazine groups is 1. The van der Waals surface area contributed by atoms with E-state index in [4.69, 9.17) is 4.99 Å². The zero-order valence-electron chi connectivity index (χ0n) is 26.0. The first-order valence-corrected chi connectivity index (χ1v) is 16.7. The molecule has 14 heteroatoms. The maximum Gasteiger partial charge on any atom is 0.393 e. The lowest BCUT2D eigenvalue weighted by Crippen LogP contribution is -2.68. The highest BCUT2D eigenvalue weighted by molar-refractivity contribution is 7.18. The largest absolute Gasteiger partial charge is 0.393 e. The molecule has 2 bridgehead atoms. The fourth-order valence-corrected chi connectivity index (χ4v) is 9.15. The number of thiophene rings is 1. The minimum atomic E-state index is -4.25. The molecule has 1 aromatic carbocycles. The van der Waals surface area contributed by atoms with E-state index in [0.29, 0.717) is 27.5 Å². The van der Waals surface area contributed by atoms with Gasteiger partial charge in [-0.2, -0.15) is 18.4 Å². The van der Waals surface area contributed by atoms with Gasteiger partial charge in [-0.3, -0.25) is 15.8 Å². The van der Waals surface area contributed by atoms with Crippen LogP contribution in [0, 0.1) is 23.7 Å². The van der Waals surface area contributed by atoms with Crippen molar-refractivity contribution < 1.29 is 13.2 Å². The first-order valence-electron chi connectivity index (χ1n) is 15.9. The summed E-state index contributed by atoms with van der Waals surface area (Å²) in [6.45, 7) is 9.43. The molecule has 47 heavy (non-hydrogen) atoms. The number of nitrogens with zero attached hydrogens (tertiary/aromatic N) is 6. The third kappa shape index (κ3) is 5.55. The number of hydrogen-bond acceptors (Lipinski definition) is 8. The van der Waals surface area contributed by atoms with E-state index in [1.807, 2.05) is 6.07 Å². The van der Waals surface area contributed by atoms with Crippen LogP contribution in [0.5, 0.6) is 0 Å². The second-order valence-corrected chi connectivity index (χ2v) is 14.8. The second-order valence-electron chi connectivity index (χ2n) is 13.7. The van der Waals surface area contributed by atoms with Crippen LogP contribution in [-0.2, 0) is 19.5 Å². The van der Waals surface area contributed by atoms with E-state index in [-0.39, 0.29) is 21.9 Å². The number of aryl methyl sites for hydroxylation is 1. The van der Waals surface area contributed by atoms with Gasteiger partial charge < -0.3 is 15.2 Å². The van der Waals surface area contributed by atoms with E-state index in [1.165, 1.54) is 17.5 Å². The van der Waals surface area contributed by atoms with Crippen LogP contribution in [0.15, 0.2) is 48.0 Å². The number of nitrogens with one attached hydrogen (secondary N) is 4. The van der Waals surface area contributed by atoms with Gasteiger partial charge in [0.25, 0.3) is 0 Å². The average Bonchev–Trinajstić information content (AvgIpc) is 3.69. The number of fused-ring (bicyclic) bond motifs is 2. The number of likely N-dealkylation sites (tertiary alicyclic amines) is 1. The van der Waals surface area contributed by atoms with Crippen molar-refractivity contribution in [2.45, 2.75) is 76.3 Å². The predicted octanol–water partition coefficient (Wildman–Crippen LogP) is 5.45. The SMILES string of the molecule is C=C1NNC(=NC23CC(Cn4c(C#N)cc5c(C)c(CN6CCC(Nc7ncnc8sc(CC(F)(F)F)cc78)CC6)ccc54)(C2)C3)N1. The van der Waals surface area contributed by atoms with E-state index in [9.17, 15) is 18.4 Å². The van der Waals surface area contributed by atoms with E-state index in [1.54, 1.807) is 6.07 Å². The maximum absolute atomic E-state index is 12.9. The molecule has 9 rings (SSSR count). The summed E-state index contributed by atoms with van der Waals surface area (Å²) < 4.78 is 41.1. The fraction of sp³-hybridized carbons (Fsp3) is 0.455. The molecular formula is C33H35F3N10S. The highest BCUT2D eigenvalue weighted by atomic mass is 32.1. The van der Waals surface area contributed by atoms with Crippen LogP contribution < -0.4 is 21.5 Å². The van der Waals surface area contributed by atoms with Crippen molar-refractivity contribution in [2.24, 2.45) is 10.4 Å². The summed E-state index contributed by atoms with van der Waals surface area (Å²) in [5, 5.41) is 18.4. The van der Waals surface area contributed by atoms with Crippen LogP contribution in [0.2, 0.25) is 0 Å². The lowest BCUT2D eigenvalue weighted by molar-refractivity contribution is -0.139. The number of guanidine groups is 1. The van der Waals surface area contributed by atoms with Gasteiger partial charge >= 0.3 is 6.18 Å². The molecule has 3 saturated carbocycles. The Morgan fingerprint density at radius 2 is 1.94 bits per heavy atom. The Morgan fingerprint density at radius 1 is 1.15 bits per heavy atom. The number of rotatable bonds is 8. The van der Waals surface area contributed by atoms with Gasteiger partial charge in [0.1, 0.15) is 34.6 Å². The molecule has 0 amide bonds. The first-order chi connectivity index (χ1) is 22.5. The van der Waals surface area contributed by atoms with E-state index < -0.39 is 12.6 Å². The number of aromatic nitrogens is 3. The van der Waals surface area contributed by atoms with E-state index >= 15 is 0 Å². The molecule has 4 aromatic rings. The summed E-state index contributed by atoms with van der Waals surface area (Å²) in [6.07, 6.45) is 1.04. The highest BCUT2D eigenvalue weighted by Crippen LogP contribution is 2.70. The molecule has 3 aliphatic carbocycles. The summed E-state index contributed by atoms with van der Waals surface area (Å²) in [5.74, 6) is 2.03. The van der Waals surface area contributed by atoms with Crippen LogP contribution in [-0.4, -0.2) is 56.2 Å². The van der Waals surface area contributed by atoms with Crippen LogP contribution in [0.4, 0.5) is 19.0 Å². The van der Waals surface area contributed by atoms with Crippen molar-refractivity contribution in [3.8, 4) is 6.07 Å². The van der Waals surface area contributed by atoms with Crippen LogP contribution >= 0.6 is 11.3 Å². The van der Waals surface area contributed by atoms with E-state index in [0.717, 1.165) is 86.5 Å². The molecule has 4 N–H and O–H groups in total. The summed E-state index contributed by atoms with van der Waals surface area (Å²) in [6, 6.07) is 10.6. The standard InChI is InChI=1S/C33H35F3N10S/c1-19-21(13-45-7-5-22(6-8-45)41-28-26-10-24(11-33(34,35)36)47-29(26)39-18-38-28)3-4-27-25(19)9-23(12-37)46(27)17-31-14-32(15-31,16-31)42-30-40-20(2)43-44-30/h3-4,9-10,18,22,43H,2,5-8,11,13-17H2,1H3,(H,38,39,41)(H2,40,42,44). The molecule has 2 aliphatic heterocycles. The molecule has 3 aromatic heterocycles. The molecule has 5 aliphatic rings. The number of piperidine rings is 1. The molecule has 0 spiro atoms. The van der Waals surface area contributed by atoms with Gasteiger partial charge in [0.15, 0.2) is 0 Å². The lowest BCUT2D eigenvalue weighted by Gasteiger charge is -2.68. The zero-order chi connectivity index (χ0) is 32.6. The van der Waals surface area contributed by atoms with Gasteiger partial charge in [-0.05, 0) is 73.8 Å². The van der Waals surface area contributed by atoms with Crippen molar-refractivity contribution in [3.05, 3.63) is 64.7 Å². The summed E-state index contributed by atoms with van der Waals surface area (Å²) in [4.78, 5) is 16.7. The molecule has 5 fully saturated rings. The average molecular weight is 661 g/mol. The monoisotopic (exact) mass is 660 g/mol. The van der Waals surface area contributed by atoms with Crippen molar-refractivity contribution >= 4 is 44.2 Å². The number of alkyl halides is 3. The molecule has 10 nitrogen and oxygen atoms in total. The number of hydrogen-bond donors (Lipinski definition) is 4. The number of anilines is 1. The van der Waals surface area contributed by atoms with Crippen molar-refractivity contribution in [3.63, 3.8) is 0 Å². The third-order valence-electron chi connectivity index (χ3n) is 10.2. The third-order valence-corrected chi connectivity index (χ3v) is 11.3. The van der Waals surface area contributed by atoms with Gasteiger partial charge in [-0.25, -0.2) is 15.0 Å². The normalized spacial score (nSPS) is 25.3. The molecule has 5 heterocycles. The quantitative estimate of drug-likeness (QED) is 0.197. The van der Waals surface area contributed by atoms with Crippen LogP contribution in [0.1, 0.15) is 53.8 Å². The maximum atomic E-state index is 12.9. The Kier molecular flexibility index (Phi) is 6.93. The minimum absolute atomic E-state index is 0.0193. The van der Waals surface area contributed by atoms with Gasteiger partial charge in [0.05, 0.1) is 17.3 Å². The number of nitriles is 1. The summed E-state index contributed by atoms with van der Waals surface area (Å²) >= 11 is 1.07. The van der Waals surface area contributed by atoms with Crippen molar-refractivity contribution in [2.75, 3.05) is 18.4 Å². The Labute approximate surface area is 273 Å². The Hall–Kier alpha value is -4.35. The number of benzene rings is 1. The van der Waals surface area contributed by atoms with Gasteiger partial charge in [0, 0.05) is 48.0 Å². The molecule has 244 valence electrons. The number of halogens is 3. The zero-order valence-corrected chi connectivity index (χ0v) is 26.8. The Bertz CT molecular complexity index is 1960. The number of aliphatic imine (C=N–C) groups is 1. The minimum Gasteiger partial charge on any atom is -0.367 e. The Morgan fingerprint density at radius 3 is 2.64 bits per heavy atom. The Balaban J connectivity index is 0.907. The molecule has 0 unspecified atom stereocenters. The summed E-state index contributed by atoms with van der Waals surface area (Å²) in [7, 11) is 0. The molecular weight excluding hydrogens is 625 g/mol. The predicted molar refractivity (Wildman–Crippen MR) is 175 cm³/mol. The smallest absolute Gasteiger partial charge is 0.367 e. The van der Waals surface area contributed by atoms with Gasteiger partial charge in [0.2, 0.25) is 5.96 Å². The molecule has 0 radical (unpaired) electrons. The lowest BCUT2D eigenvalue weighted by atomic mass is 9.39. The van der Waals surface area contributed by atoms with Crippen molar-refractivity contribution in [1.82, 2.24) is 35.6 Å². The van der Waals surface area contributed by atoms with Gasteiger partial charge in [-0.1, -0.05) is 12.6 Å². The van der Waals surface area contributed by atoms with Gasteiger partial charge in [-0.15, -0.1) is 11.3 Å². The van der Waals surface area contributed by atoms with Crippen LogP contribution in [0.3, 0.4) is 0 Å². The fourth-order valence-electron chi connectivity index (χ4n) is 8.12.